The Morgan fingerprint density at radius 3 is 2.47 bits per heavy atom. The second-order valence-corrected chi connectivity index (χ2v) is 9.28. The van der Waals surface area contributed by atoms with E-state index in [1.165, 1.54) is 0 Å². The van der Waals surface area contributed by atoms with Gasteiger partial charge in [0.25, 0.3) is 10.1 Å². The van der Waals surface area contributed by atoms with Crippen LogP contribution >= 0.6 is 0 Å². The van der Waals surface area contributed by atoms with Crippen molar-refractivity contribution >= 4 is 21.8 Å². The number of hydrogen-bond donors (Lipinski definition) is 2. The van der Waals surface area contributed by atoms with Crippen molar-refractivity contribution in [1.29, 1.82) is 0 Å². The Hall–Kier alpha value is -3.04. The summed E-state index contributed by atoms with van der Waals surface area (Å²) >= 11 is 0. The third-order valence-electron chi connectivity index (χ3n) is 5.18. The zero-order valence-corrected chi connectivity index (χ0v) is 17.1. The number of nitrogens with one attached hydrogen (secondary N) is 1. The van der Waals surface area contributed by atoms with Gasteiger partial charge in [0, 0.05) is 23.2 Å². The van der Waals surface area contributed by atoms with Gasteiger partial charge < -0.3 is 9.84 Å². The molecule has 2 heterocycles. The van der Waals surface area contributed by atoms with Crippen LogP contribution in [0.5, 0.6) is 0 Å². The number of aromatic nitrogens is 2. The molecule has 0 saturated heterocycles. The minimum Gasteiger partial charge on any atom is -0.359 e. The second kappa shape index (κ2) is 7.66. The Labute approximate surface area is 174 Å². The zero-order chi connectivity index (χ0) is 21.4. The van der Waals surface area contributed by atoms with E-state index in [1.54, 1.807) is 24.4 Å². The lowest BCUT2D eigenvalue weighted by Gasteiger charge is -2.06. The zero-order valence-electron chi connectivity index (χ0n) is 16.3. The van der Waals surface area contributed by atoms with Gasteiger partial charge in [-0.3, -0.25) is 14.3 Å². The maximum absolute atomic E-state index is 12.3. The Balaban J connectivity index is 1.36. The van der Waals surface area contributed by atoms with Crippen LogP contribution in [0.15, 0.2) is 53.2 Å². The molecule has 1 saturated carbocycles. The fraction of sp³-hybridized carbons (Fsp3) is 0.286. The van der Waals surface area contributed by atoms with Crippen LogP contribution in [0.4, 0.5) is 5.82 Å². The number of carbonyl (C=O) groups is 1. The number of nitrogens with zero attached hydrogens (tertiary/aromatic N) is 2. The largest absolute Gasteiger partial charge is 0.359 e. The van der Waals surface area contributed by atoms with Crippen molar-refractivity contribution < 1.29 is 22.3 Å². The first-order valence-corrected chi connectivity index (χ1v) is 11.1. The first kappa shape index (κ1) is 20.2. The van der Waals surface area contributed by atoms with E-state index < -0.39 is 15.9 Å². The van der Waals surface area contributed by atoms with E-state index in [2.05, 4.69) is 22.4 Å². The first-order chi connectivity index (χ1) is 14.2. The summed E-state index contributed by atoms with van der Waals surface area (Å²) in [7, 11) is -4.11. The molecule has 0 bridgehead atoms. The van der Waals surface area contributed by atoms with Crippen molar-refractivity contribution in [3.05, 3.63) is 65.7 Å². The molecule has 156 valence electrons. The highest BCUT2D eigenvalue weighted by molar-refractivity contribution is 7.85. The molecule has 0 aliphatic heterocycles. The molecule has 2 aromatic heterocycles. The fourth-order valence-corrected chi connectivity index (χ4v) is 3.65. The quantitative estimate of drug-likeness (QED) is 0.554. The van der Waals surface area contributed by atoms with Gasteiger partial charge in [-0.2, -0.15) is 8.42 Å². The topological polar surface area (TPSA) is 122 Å². The average molecular weight is 427 g/mol. The van der Waals surface area contributed by atoms with E-state index in [0.717, 1.165) is 35.3 Å². The van der Waals surface area contributed by atoms with Crippen molar-refractivity contribution in [2.45, 2.75) is 37.4 Å². The van der Waals surface area contributed by atoms with Crippen molar-refractivity contribution in [1.82, 2.24) is 10.1 Å². The minimum absolute atomic E-state index is 0.0607. The predicted molar refractivity (Wildman–Crippen MR) is 110 cm³/mol. The highest BCUT2D eigenvalue weighted by atomic mass is 32.2. The molecule has 1 aromatic carbocycles. The molecular weight excluding hydrogens is 406 g/mol. The van der Waals surface area contributed by atoms with Gasteiger partial charge in [-0.15, -0.1) is 0 Å². The molecule has 0 unspecified atom stereocenters. The van der Waals surface area contributed by atoms with Crippen LogP contribution in [0.3, 0.4) is 0 Å². The van der Waals surface area contributed by atoms with Crippen molar-refractivity contribution in [2.24, 2.45) is 0 Å². The van der Waals surface area contributed by atoms with Gasteiger partial charge in [-0.1, -0.05) is 42.4 Å². The minimum atomic E-state index is -4.11. The van der Waals surface area contributed by atoms with Crippen LogP contribution in [0.2, 0.25) is 0 Å². The summed E-state index contributed by atoms with van der Waals surface area (Å²) in [5, 5.41) is 6.68. The van der Waals surface area contributed by atoms with E-state index in [9.17, 15) is 13.2 Å². The Kier molecular flexibility index (Phi) is 5.17. The molecule has 0 atom stereocenters. The summed E-state index contributed by atoms with van der Waals surface area (Å²) in [6, 6.07) is 12.5. The lowest BCUT2D eigenvalue weighted by molar-refractivity contribution is -0.115. The molecule has 30 heavy (non-hydrogen) atoms. The van der Waals surface area contributed by atoms with Gasteiger partial charge in [0.1, 0.15) is 11.5 Å². The lowest BCUT2D eigenvalue weighted by atomic mass is 10.0. The van der Waals surface area contributed by atoms with E-state index in [0.29, 0.717) is 5.82 Å². The van der Waals surface area contributed by atoms with Gasteiger partial charge in [0.15, 0.2) is 5.82 Å². The smallest absolute Gasteiger partial charge is 0.270 e. The van der Waals surface area contributed by atoms with Crippen LogP contribution < -0.4 is 5.32 Å². The predicted octanol–water partition coefficient (Wildman–Crippen LogP) is 3.36. The molecule has 8 nitrogen and oxygen atoms in total. The van der Waals surface area contributed by atoms with E-state index in [1.807, 2.05) is 24.3 Å². The normalized spacial score (nSPS) is 15.0. The Morgan fingerprint density at radius 2 is 1.87 bits per heavy atom. The maximum atomic E-state index is 12.3. The highest BCUT2D eigenvalue weighted by Gasteiger charge is 2.42. The van der Waals surface area contributed by atoms with Crippen LogP contribution in [-0.4, -0.2) is 29.0 Å². The van der Waals surface area contributed by atoms with Gasteiger partial charge >= 0.3 is 0 Å². The molecule has 2 N–H and O–H groups in total. The molecule has 1 aliphatic rings. The number of rotatable bonds is 7. The molecule has 4 rings (SSSR count). The van der Waals surface area contributed by atoms with Crippen molar-refractivity contribution in [2.75, 3.05) is 5.32 Å². The summed E-state index contributed by atoms with van der Waals surface area (Å²) in [6.45, 7) is 2.11. The molecule has 9 heteroatoms. The molecular formula is C21H21N3O5S. The van der Waals surface area contributed by atoms with Gasteiger partial charge in [0.05, 0.1) is 12.1 Å². The number of carbonyl (C=O) groups excluding carboxylic acids is 1. The Bertz CT molecular complexity index is 1160. The molecule has 1 aliphatic carbocycles. The molecule has 0 spiro atoms. The van der Waals surface area contributed by atoms with Crippen LogP contribution in [0.25, 0.3) is 11.1 Å². The standard InChI is InChI=1S/C21H21N3O5S/c1-21(8-9-21)18-11-19(24-29-18)23-20(25)10-14-2-4-15(5-3-14)16-6-7-17(22-12-16)13-30(26,27)28/h2-7,11-12H,8-10,13H2,1H3,(H,23,24,25)(H,26,27,28). The third-order valence-corrected chi connectivity index (χ3v) is 5.84. The second-order valence-electron chi connectivity index (χ2n) is 7.82. The fourth-order valence-electron chi connectivity index (χ4n) is 3.11. The van der Waals surface area contributed by atoms with E-state index >= 15 is 0 Å². The number of hydrogen-bond acceptors (Lipinski definition) is 6. The van der Waals surface area contributed by atoms with Crippen LogP contribution in [0, 0.1) is 0 Å². The van der Waals surface area contributed by atoms with Crippen LogP contribution in [-0.2, 0) is 32.5 Å². The summed E-state index contributed by atoms with van der Waals surface area (Å²) in [6.07, 6.45) is 3.89. The average Bonchev–Trinajstić information content (AvgIpc) is 3.25. The van der Waals surface area contributed by atoms with Gasteiger partial charge in [-0.25, -0.2) is 0 Å². The number of benzene rings is 1. The van der Waals surface area contributed by atoms with Gasteiger partial charge in [0.2, 0.25) is 5.91 Å². The molecule has 1 amide bonds. The van der Waals surface area contributed by atoms with Crippen molar-refractivity contribution in [3.8, 4) is 11.1 Å². The summed E-state index contributed by atoms with van der Waals surface area (Å²) in [4.78, 5) is 16.4. The Morgan fingerprint density at radius 1 is 1.17 bits per heavy atom. The van der Waals surface area contributed by atoms with Crippen molar-refractivity contribution in [3.63, 3.8) is 0 Å². The summed E-state index contributed by atoms with van der Waals surface area (Å²) in [5.74, 6) is 0.530. The molecule has 1 fully saturated rings. The lowest BCUT2D eigenvalue weighted by Crippen LogP contribution is -2.14. The molecule has 0 radical (unpaired) electrons. The third kappa shape index (κ3) is 4.92. The highest BCUT2D eigenvalue weighted by Crippen LogP contribution is 2.48. The van der Waals surface area contributed by atoms with E-state index in [-0.39, 0.29) is 23.4 Å². The summed E-state index contributed by atoms with van der Waals surface area (Å²) in [5.41, 5.74) is 2.84. The molecule has 3 aromatic rings. The SMILES string of the molecule is CC1(c2cc(NC(=O)Cc3ccc(-c4ccc(CS(=O)(=O)O)nc4)cc3)no2)CC1. The maximum Gasteiger partial charge on any atom is 0.270 e. The van der Waals surface area contributed by atoms with E-state index in [4.69, 9.17) is 9.08 Å². The number of anilines is 1. The van der Waals surface area contributed by atoms with Crippen LogP contribution in [0.1, 0.15) is 36.8 Å². The first-order valence-electron chi connectivity index (χ1n) is 9.47. The van der Waals surface area contributed by atoms with Gasteiger partial charge in [-0.05, 0) is 30.0 Å². The monoisotopic (exact) mass is 427 g/mol. The summed E-state index contributed by atoms with van der Waals surface area (Å²) < 4.78 is 36.0. The number of pyridine rings is 1. The number of amides is 1.